The number of aryl methyl sites for hydroxylation is 2. The first-order valence-corrected chi connectivity index (χ1v) is 26.2. The van der Waals surface area contributed by atoms with Gasteiger partial charge >= 0.3 is 0 Å². The van der Waals surface area contributed by atoms with Crippen LogP contribution in [0.5, 0.6) is 5.75 Å². The second kappa shape index (κ2) is 23.9. The number of aromatic nitrogens is 3. The maximum absolute atomic E-state index is 14.2. The maximum Gasteiger partial charge on any atom is 0.245 e. The van der Waals surface area contributed by atoms with Crippen molar-refractivity contribution in [2.75, 3.05) is 72.8 Å². The lowest BCUT2D eigenvalue weighted by Crippen LogP contribution is -2.58. The second-order valence-corrected chi connectivity index (χ2v) is 20.7. The molecule has 8 rings (SSSR count). The Balaban J connectivity index is 0.715. The van der Waals surface area contributed by atoms with Crippen LogP contribution in [0.15, 0.2) is 53.5 Å². The SMILES string of the molecule is CN[C@@H](C)C(=O)NC(C(=O)N1CC[C@@H]2CCN(CCc3ccc(OCCOCCOCCNC(=O)C[C@@H]4N=C(c5ccc(Cl)cc5)c5c(sc(C)c5C)-n5c(C)nnc54)cc3)C[C@@H]21)C1CCCCC1. The number of carbonyl (C=O) groups is 3. The van der Waals surface area contributed by atoms with E-state index >= 15 is 0 Å². The van der Waals surface area contributed by atoms with Crippen LogP contribution in [0.3, 0.4) is 0 Å². The zero-order valence-electron chi connectivity index (χ0n) is 40.9. The number of nitrogens with one attached hydrogen (secondary N) is 3. The molecule has 3 amide bonds. The number of piperidine rings is 1. The van der Waals surface area contributed by atoms with Crippen LogP contribution < -0.4 is 20.7 Å². The van der Waals surface area contributed by atoms with Crippen LogP contribution in [0.1, 0.15) is 103 Å². The van der Waals surface area contributed by atoms with Gasteiger partial charge in [0.05, 0.1) is 44.6 Å². The van der Waals surface area contributed by atoms with E-state index in [9.17, 15) is 14.4 Å². The van der Waals surface area contributed by atoms with Gasteiger partial charge in [-0.15, -0.1) is 21.5 Å². The number of thiophene rings is 1. The highest BCUT2D eigenvalue weighted by molar-refractivity contribution is 7.15. The molecule has 3 N–H and O–H groups in total. The van der Waals surface area contributed by atoms with Crippen LogP contribution in [0, 0.1) is 32.6 Å². The van der Waals surface area contributed by atoms with E-state index in [0.717, 1.165) is 110 Å². The summed E-state index contributed by atoms with van der Waals surface area (Å²) >= 11 is 7.92. The first kappa shape index (κ1) is 50.7. The summed E-state index contributed by atoms with van der Waals surface area (Å²) in [4.78, 5) is 51.5. The number of amides is 3. The Labute approximate surface area is 416 Å². The van der Waals surface area contributed by atoms with Crippen LogP contribution in [0.4, 0.5) is 0 Å². The largest absolute Gasteiger partial charge is 0.491 e. The number of likely N-dealkylation sites (tertiary alicyclic amines) is 2. The number of aliphatic imine (C=N–C) groups is 1. The van der Waals surface area contributed by atoms with E-state index in [1.807, 2.05) is 54.8 Å². The van der Waals surface area contributed by atoms with Gasteiger partial charge in [0.2, 0.25) is 17.7 Å². The molecule has 5 atom stereocenters. The smallest absolute Gasteiger partial charge is 0.245 e. The predicted octanol–water partition coefficient (Wildman–Crippen LogP) is 6.56. The van der Waals surface area contributed by atoms with Crippen molar-refractivity contribution >= 4 is 46.4 Å². The lowest BCUT2D eigenvalue weighted by atomic mass is 9.83. The molecule has 1 saturated carbocycles. The van der Waals surface area contributed by atoms with Crippen molar-refractivity contribution in [2.45, 2.75) is 110 Å². The lowest BCUT2D eigenvalue weighted by Gasteiger charge is -2.41. The number of likely N-dealkylation sites (N-methyl/N-ethyl adjacent to an activating group) is 1. The Kier molecular flexibility index (Phi) is 17.6. The fourth-order valence-electron chi connectivity index (χ4n) is 10.3. The summed E-state index contributed by atoms with van der Waals surface area (Å²) in [5.74, 6) is 2.78. The van der Waals surface area contributed by atoms with Gasteiger partial charge < -0.3 is 40.0 Å². The fourth-order valence-corrected chi connectivity index (χ4v) is 11.7. The minimum Gasteiger partial charge on any atom is -0.491 e. The maximum atomic E-state index is 14.2. The van der Waals surface area contributed by atoms with E-state index < -0.39 is 12.1 Å². The van der Waals surface area contributed by atoms with Gasteiger partial charge in [-0.3, -0.25) is 23.9 Å². The molecule has 5 heterocycles. The Bertz CT molecular complexity index is 2400. The molecule has 1 unspecified atom stereocenters. The summed E-state index contributed by atoms with van der Waals surface area (Å²) in [6.07, 6.45) is 8.60. The summed E-state index contributed by atoms with van der Waals surface area (Å²) in [5, 5.41) is 19.7. The number of rotatable bonds is 21. The topological polar surface area (TPSA) is 165 Å². The zero-order valence-corrected chi connectivity index (χ0v) is 42.5. The van der Waals surface area contributed by atoms with Crippen LogP contribution in [-0.4, -0.2) is 139 Å². The van der Waals surface area contributed by atoms with E-state index in [-0.39, 0.29) is 42.1 Å². The fraction of sp³-hybridized carbons (Fsp3) is 0.577. The third kappa shape index (κ3) is 12.4. The molecule has 0 bridgehead atoms. The number of halogens is 1. The third-order valence-corrected chi connectivity index (χ3v) is 16.0. The Morgan fingerprint density at radius 2 is 1.61 bits per heavy atom. The average molecular weight is 985 g/mol. The van der Waals surface area contributed by atoms with Crippen LogP contribution >= 0.6 is 22.9 Å². The van der Waals surface area contributed by atoms with E-state index in [4.69, 9.17) is 30.8 Å². The lowest BCUT2D eigenvalue weighted by molar-refractivity contribution is -0.140. The van der Waals surface area contributed by atoms with Crippen molar-refractivity contribution in [3.8, 4) is 10.8 Å². The Morgan fingerprint density at radius 1 is 0.884 bits per heavy atom. The normalized spacial score (nSPS) is 20.3. The molecule has 372 valence electrons. The number of carbonyl (C=O) groups excluding carboxylic acids is 3. The molecule has 3 fully saturated rings. The van der Waals surface area contributed by atoms with Gasteiger partial charge in [-0.2, -0.15) is 0 Å². The monoisotopic (exact) mass is 983 g/mol. The third-order valence-electron chi connectivity index (χ3n) is 14.6. The molecule has 1 aliphatic carbocycles. The molecule has 0 spiro atoms. The molecular weight excluding hydrogens is 914 g/mol. The zero-order chi connectivity index (χ0) is 48.4. The number of nitrogens with zero attached hydrogens (tertiary/aromatic N) is 6. The summed E-state index contributed by atoms with van der Waals surface area (Å²) in [6.45, 7) is 14.0. The number of hydrogen-bond donors (Lipinski definition) is 3. The van der Waals surface area contributed by atoms with Gasteiger partial charge in [0.15, 0.2) is 5.82 Å². The number of fused-ring (bicyclic) bond motifs is 4. The molecule has 2 aromatic carbocycles. The molecule has 4 aromatic rings. The van der Waals surface area contributed by atoms with Crippen LogP contribution in [0.25, 0.3) is 5.00 Å². The minimum absolute atomic E-state index is 0.0964. The molecule has 69 heavy (non-hydrogen) atoms. The van der Waals surface area contributed by atoms with Gasteiger partial charge in [-0.05, 0) is 121 Å². The number of hydrogen-bond acceptors (Lipinski definition) is 12. The van der Waals surface area contributed by atoms with Gasteiger partial charge in [0.25, 0.3) is 0 Å². The highest BCUT2D eigenvalue weighted by Gasteiger charge is 2.44. The van der Waals surface area contributed by atoms with Gasteiger partial charge in [0, 0.05) is 53.2 Å². The molecule has 2 aromatic heterocycles. The van der Waals surface area contributed by atoms with Crippen molar-refractivity contribution < 1.29 is 28.6 Å². The summed E-state index contributed by atoms with van der Waals surface area (Å²) in [7, 11) is 1.78. The highest BCUT2D eigenvalue weighted by Crippen LogP contribution is 2.40. The Hall–Kier alpha value is -4.71. The summed E-state index contributed by atoms with van der Waals surface area (Å²) < 4.78 is 19.5. The van der Waals surface area contributed by atoms with Gasteiger partial charge in [-0.25, -0.2) is 0 Å². The van der Waals surface area contributed by atoms with E-state index in [1.54, 1.807) is 18.4 Å². The second-order valence-electron chi connectivity index (χ2n) is 19.1. The molecule has 3 aliphatic heterocycles. The van der Waals surface area contributed by atoms with E-state index in [2.05, 4.69) is 61.9 Å². The first-order chi connectivity index (χ1) is 33.5. The van der Waals surface area contributed by atoms with Crippen molar-refractivity contribution in [3.05, 3.63) is 92.3 Å². The molecule has 2 saturated heterocycles. The van der Waals surface area contributed by atoms with Gasteiger partial charge in [0.1, 0.15) is 35.3 Å². The van der Waals surface area contributed by atoms with Gasteiger partial charge in [-0.1, -0.05) is 55.1 Å². The summed E-state index contributed by atoms with van der Waals surface area (Å²) in [5.41, 5.74) is 5.15. The molecule has 0 radical (unpaired) electrons. The number of benzene rings is 2. The van der Waals surface area contributed by atoms with Crippen molar-refractivity contribution in [1.82, 2.24) is 40.5 Å². The first-order valence-electron chi connectivity index (χ1n) is 25.0. The average Bonchev–Trinajstić information content (AvgIpc) is 4.03. The van der Waals surface area contributed by atoms with E-state index in [0.29, 0.717) is 56.3 Å². The molecular formula is C52H70ClN9O6S. The van der Waals surface area contributed by atoms with Crippen LogP contribution in [0.2, 0.25) is 5.02 Å². The number of ether oxygens (including phenoxy) is 3. The highest BCUT2D eigenvalue weighted by atomic mass is 35.5. The minimum atomic E-state index is -0.538. The van der Waals surface area contributed by atoms with Crippen molar-refractivity contribution in [3.63, 3.8) is 0 Å². The molecule has 15 nitrogen and oxygen atoms in total. The quantitative estimate of drug-likeness (QED) is 0.0780. The predicted molar refractivity (Wildman–Crippen MR) is 270 cm³/mol. The van der Waals surface area contributed by atoms with Crippen LogP contribution in [-0.2, 0) is 30.3 Å². The van der Waals surface area contributed by atoms with E-state index in [1.165, 1.54) is 16.9 Å². The van der Waals surface area contributed by atoms with Crippen molar-refractivity contribution in [1.29, 1.82) is 0 Å². The molecule has 4 aliphatic rings. The standard InChI is InChI=1S/C52H70ClN9O6S/c1-33-35(3)69-52-46(33)47(40-13-15-41(53)16-14-40)56-43(49-59-58-36(4)62(49)52)31-45(63)55-22-26-66-27-28-67-29-30-68-42-17-11-37(12-18-42)19-23-60-24-20-38-21-25-61(44(38)32-60)51(65)48(39-9-7-6-8-10-39)57-50(64)34(2)54-5/h11-18,34,38-39,43-44,48,54H,6-10,19-32H2,1-5H3,(H,55,63)(H,57,64)/t34-,38-,43-,44-,48?/m0/s1. The van der Waals surface area contributed by atoms with Crippen molar-refractivity contribution in [2.24, 2.45) is 16.8 Å². The molecule has 17 heteroatoms. The summed E-state index contributed by atoms with van der Waals surface area (Å²) in [6, 6.07) is 14.8. The Morgan fingerprint density at radius 3 is 2.36 bits per heavy atom.